The molecule has 0 spiro atoms. The number of benzene rings is 2. The predicted molar refractivity (Wildman–Crippen MR) is 144 cm³/mol. The SMILES string of the molecule is CC(C)OC(=O)[C@H](C)CP(=O)(OC[C@@]1(F)O[C@@H](n2ccc(=O)[nH]c2=O)[C@](C)(F)[C@@H]1O)Oc1ccc2ccccc2c1. The third-order valence-corrected chi connectivity index (χ3v) is 8.52. The Kier molecular flexibility index (Phi) is 8.56. The Hall–Kier alpha value is -3.38. The molecule has 1 aromatic heterocycles. The maximum Gasteiger partial charge on any atom is 0.380 e. The molecule has 6 atom stereocenters. The lowest BCUT2D eigenvalue weighted by Crippen LogP contribution is -2.47. The summed E-state index contributed by atoms with van der Waals surface area (Å²) in [5.41, 5.74) is -4.78. The number of esters is 1. The van der Waals surface area contributed by atoms with Crippen LogP contribution in [0.5, 0.6) is 5.75 Å². The molecule has 2 aromatic carbocycles. The zero-order chi connectivity index (χ0) is 30.2. The molecule has 1 aliphatic heterocycles. The maximum absolute atomic E-state index is 16.0. The lowest BCUT2D eigenvalue weighted by atomic mass is 9.97. The number of hydrogen-bond donors (Lipinski definition) is 2. The smallest absolute Gasteiger partial charge is 0.380 e. The van der Waals surface area contributed by atoms with E-state index in [-0.39, 0.29) is 5.75 Å². The van der Waals surface area contributed by atoms with Gasteiger partial charge in [-0.15, -0.1) is 0 Å². The summed E-state index contributed by atoms with van der Waals surface area (Å²) in [6.45, 7) is 4.20. The minimum Gasteiger partial charge on any atom is -0.463 e. The Balaban J connectivity index is 1.62. The molecule has 0 bridgehead atoms. The molecule has 222 valence electrons. The number of fused-ring (bicyclic) bond motifs is 1. The molecule has 14 heteroatoms. The van der Waals surface area contributed by atoms with Gasteiger partial charge in [-0.25, -0.2) is 18.1 Å². The van der Waals surface area contributed by atoms with Crippen molar-refractivity contribution in [2.24, 2.45) is 5.92 Å². The predicted octanol–water partition coefficient (Wildman–Crippen LogP) is 3.85. The average molecular weight is 597 g/mol. The summed E-state index contributed by atoms with van der Waals surface area (Å²) in [5.74, 6) is -4.95. The Morgan fingerprint density at radius 2 is 1.83 bits per heavy atom. The van der Waals surface area contributed by atoms with Gasteiger partial charge in [0.05, 0.1) is 18.2 Å². The number of aliphatic hydroxyl groups is 1. The van der Waals surface area contributed by atoms with Crippen molar-refractivity contribution >= 4 is 24.3 Å². The molecule has 1 saturated heterocycles. The van der Waals surface area contributed by atoms with Crippen molar-refractivity contribution in [3.8, 4) is 5.75 Å². The second-order valence-electron chi connectivity index (χ2n) is 10.4. The van der Waals surface area contributed by atoms with E-state index in [1.54, 1.807) is 38.1 Å². The number of rotatable bonds is 10. The van der Waals surface area contributed by atoms with Gasteiger partial charge < -0.3 is 19.1 Å². The van der Waals surface area contributed by atoms with E-state index < -0.39 is 73.5 Å². The number of ether oxygens (including phenoxy) is 2. The van der Waals surface area contributed by atoms with Crippen LogP contribution in [0.1, 0.15) is 33.9 Å². The van der Waals surface area contributed by atoms with E-state index in [1.165, 1.54) is 13.0 Å². The van der Waals surface area contributed by atoms with E-state index in [0.717, 1.165) is 30.0 Å². The highest BCUT2D eigenvalue weighted by molar-refractivity contribution is 7.54. The summed E-state index contributed by atoms with van der Waals surface area (Å²) in [7, 11) is -4.41. The number of nitrogens with zero attached hydrogens (tertiary/aromatic N) is 1. The van der Waals surface area contributed by atoms with Crippen molar-refractivity contribution in [3.63, 3.8) is 0 Å². The van der Waals surface area contributed by atoms with E-state index >= 15 is 8.78 Å². The van der Waals surface area contributed by atoms with Crippen LogP contribution < -0.4 is 15.8 Å². The summed E-state index contributed by atoms with van der Waals surface area (Å²) < 4.78 is 67.6. The molecule has 1 unspecified atom stereocenters. The molecule has 2 N–H and O–H groups in total. The number of nitrogens with one attached hydrogen (secondary N) is 1. The largest absolute Gasteiger partial charge is 0.463 e. The first kappa shape index (κ1) is 30.6. The van der Waals surface area contributed by atoms with Crippen molar-refractivity contribution in [2.75, 3.05) is 12.8 Å². The quantitative estimate of drug-likeness (QED) is 0.263. The van der Waals surface area contributed by atoms with Crippen molar-refractivity contribution in [3.05, 3.63) is 75.6 Å². The Bertz CT molecular complexity index is 1590. The molecule has 0 aliphatic carbocycles. The van der Waals surface area contributed by atoms with Crippen LogP contribution in [0.4, 0.5) is 8.78 Å². The van der Waals surface area contributed by atoms with Crippen molar-refractivity contribution in [1.29, 1.82) is 0 Å². The summed E-state index contributed by atoms with van der Waals surface area (Å²) >= 11 is 0. The maximum atomic E-state index is 16.0. The molecule has 41 heavy (non-hydrogen) atoms. The van der Waals surface area contributed by atoms with Crippen LogP contribution in [-0.4, -0.2) is 57.1 Å². The first-order valence-corrected chi connectivity index (χ1v) is 14.5. The van der Waals surface area contributed by atoms with Gasteiger partial charge in [-0.1, -0.05) is 37.3 Å². The zero-order valence-corrected chi connectivity index (χ0v) is 23.7. The molecule has 0 amide bonds. The molecular formula is C27H31F2N2O9P. The molecular weight excluding hydrogens is 565 g/mol. The molecule has 1 aliphatic rings. The lowest BCUT2D eigenvalue weighted by molar-refractivity contribution is -0.203. The Morgan fingerprint density at radius 1 is 1.15 bits per heavy atom. The van der Waals surface area contributed by atoms with E-state index in [9.17, 15) is 24.1 Å². The van der Waals surface area contributed by atoms with Gasteiger partial charge in [0.25, 0.3) is 11.4 Å². The molecule has 1 fully saturated rings. The minimum absolute atomic E-state index is 0.0882. The van der Waals surface area contributed by atoms with Crippen LogP contribution >= 0.6 is 7.60 Å². The van der Waals surface area contributed by atoms with Crippen LogP contribution in [0.15, 0.2) is 64.3 Å². The second-order valence-corrected chi connectivity index (χ2v) is 12.4. The van der Waals surface area contributed by atoms with Gasteiger partial charge in [-0.3, -0.25) is 23.7 Å². The summed E-state index contributed by atoms with van der Waals surface area (Å²) in [6.07, 6.45) is -4.66. The van der Waals surface area contributed by atoms with E-state index in [4.69, 9.17) is 18.5 Å². The van der Waals surface area contributed by atoms with Gasteiger partial charge in [0.15, 0.2) is 18.0 Å². The zero-order valence-electron chi connectivity index (χ0n) is 22.8. The van der Waals surface area contributed by atoms with Crippen LogP contribution in [0, 0.1) is 5.92 Å². The Labute approximate surface area is 233 Å². The van der Waals surface area contributed by atoms with Gasteiger partial charge in [0.1, 0.15) is 12.4 Å². The van der Waals surface area contributed by atoms with Crippen LogP contribution in [-0.2, 0) is 23.4 Å². The third-order valence-electron chi connectivity index (χ3n) is 6.51. The number of alkyl halides is 2. The van der Waals surface area contributed by atoms with Gasteiger partial charge in [-0.05, 0) is 43.7 Å². The highest BCUT2D eigenvalue weighted by atomic mass is 31.2. The molecule has 4 rings (SSSR count). The Morgan fingerprint density at radius 3 is 2.49 bits per heavy atom. The number of hydrogen-bond acceptors (Lipinski definition) is 9. The number of aromatic amines is 1. The number of halogens is 2. The van der Waals surface area contributed by atoms with Crippen LogP contribution in [0.25, 0.3) is 10.8 Å². The fourth-order valence-corrected chi connectivity index (χ4v) is 6.28. The number of aromatic nitrogens is 2. The van der Waals surface area contributed by atoms with E-state index in [2.05, 4.69) is 0 Å². The van der Waals surface area contributed by atoms with Crippen LogP contribution in [0.2, 0.25) is 0 Å². The first-order chi connectivity index (χ1) is 19.1. The minimum atomic E-state index is -4.41. The normalized spacial score (nSPS) is 26.5. The second kappa shape index (κ2) is 11.5. The summed E-state index contributed by atoms with van der Waals surface area (Å²) in [4.78, 5) is 38.0. The van der Waals surface area contributed by atoms with Crippen LogP contribution in [0.3, 0.4) is 0 Å². The molecule has 2 heterocycles. The van der Waals surface area contributed by atoms with Crippen molar-refractivity contribution in [2.45, 2.75) is 57.7 Å². The van der Waals surface area contributed by atoms with Crippen molar-refractivity contribution in [1.82, 2.24) is 9.55 Å². The van der Waals surface area contributed by atoms with Gasteiger partial charge >= 0.3 is 19.3 Å². The standard InChI is InChI=1S/C27H31F2N2O9P/c1-16(2)38-22(33)17(3)14-41(36,40-20-10-9-18-7-5-6-8-19(18)13-20)37-15-27(29)23(34)26(4,28)24(39-27)31-12-11-21(32)30-25(31)35/h5-13,16-17,23-24,34H,14-15H2,1-4H3,(H,30,32,35)/t17-,23+,24-,26-,27-,41?/m1/s1. The molecule has 11 nitrogen and oxygen atoms in total. The molecule has 0 saturated carbocycles. The highest BCUT2D eigenvalue weighted by Gasteiger charge is 2.65. The van der Waals surface area contributed by atoms with Gasteiger partial charge in [-0.2, -0.15) is 0 Å². The monoisotopic (exact) mass is 596 g/mol. The first-order valence-electron chi connectivity index (χ1n) is 12.8. The molecule has 0 radical (unpaired) electrons. The third kappa shape index (κ3) is 6.59. The fourth-order valence-electron chi connectivity index (χ4n) is 4.42. The average Bonchev–Trinajstić information content (AvgIpc) is 3.07. The highest BCUT2D eigenvalue weighted by Crippen LogP contribution is 2.54. The fraction of sp³-hybridized carbons (Fsp3) is 0.444. The van der Waals surface area contributed by atoms with E-state index in [1.807, 2.05) is 17.1 Å². The summed E-state index contributed by atoms with van der Waals surface area (Å²) in [6, 6.07) is 12.9. The topological polar surface area (TPSA) is 146 Å². The molecule has 3 aromatic rings. The number of aliphatic hydroxyl groups excluding tert-OH is 1. The van der Waals surface area contributed by atoms with E-state index in [0.29, 0.717) is 4.57 Å². The number of H-pyrrole nitrogens is 1. The number of carbonyl (C=O) groups excluding carboxylic acids is 1. The summed E-state index contributed by atoms with van der Waals surface area (Å²) in [5, 5.41) is 12.2. The number of carbonyl (C=O) groups is 1. The lowest BCUT2D eigenvalue weighted by Gasteiger charge is -2.28. The van der Waals surface area contributed by atoms with Crippen molar-refractivity contribution < 1.29 is 41.8 Å². The van der Waals surface area contributed by atoms with Gasteiger partial charge in [0, 0.05) is 12.3 Å². The van der Waals surface area contributed by atoms with Gasteiger partial charge in [0.2, 0.25) is 0 Å².